The highest BCUT2D eigenvalue weighted by atomic mass is 16.2. The first-order valence-corrected chi connectivity index (χ1v) is 4.64. The fraction of sp³-hybridized carbons (Fsp3) is 0.778. The summed E-state index contributed by atoms with van der Waals surface area (Å²) in [5, 5.41) is 5.84. The summed E-state index contributed by atoms with van der Waals surface area (Å²) in [7, 11) is 0. The molecule has 1 amide bonds. The van der Waals surface area contributed by atoms with Crippen molar-refractivity contribution in [2.24, 2.45) is 5.10 Å². The Morgan fingerprint density at radius 1 is 1.50 bits per heavy atom. The van der Waals surface area contributed by atoms with Gasteiger partial charge in [-0.25, -0.2) is 5.01 Å². The lowest BCUT2D eigenvalue weighted by molar-refractivity contribution is -0.128. The van der Waals surface area contributed by atoms with Crippen molar-refractivity contribution in [3.63, 3.8) is 0 Å². The topological polar surface area (TPSA) is 32.7 Å². The Hall–Kier alpha value is -0.860. The molecule has 0 aromatic rings. The van der Waals surface area contributed by atoms with Crippen molar-refractivity contribution in [1.29, 1.82) is 0 Å². The minimum atomic E-state index is 0.167. The number of amides is 1. The van der Waals surface area contributed by atoms with Crippen molar-refractivity contribution in [3.8, 4) is 0 Å². The molecule has 1 rings (SSSR count). The standard InChI is InChI=1S/C9H16N2O/c1-3-5-6-11-9(12)7-8(4-2)10-11/h3-7H2,1-2H3. The predicted octanol–water partition coefficient (Wildman–Crippen LogP) is 1.78. The maximum absolute atomic E-state index is 11.3. The third-order valence-corrected chi connectivity index (χ3v) is 2.04. The van der Waals surface area contributed by atoms with Crippen LogP contribution in [0.1, 0.15) is 39.5 Å². The first-order chi connectivity index (χ1) is 5.77. The minimum absolute atomic E-state index is 0.167. The van der Waals surface area contributed by atoms with Gasteiger partial charge in [0.1, 0.15) is 0 Å². The molecule has 0 bridgehead atoms. The normalized spacial score (nSPS) is 17.0. The smallest absolute Gasteiger partial charge is 0.248 e. The first kappa shape index (κ1) is 9.23. The van der Waals surface area contributed by atoms with Crippen LogP contribution in [0.25, 0.3) is 0 Å². The van der Waals surface area contributed by atoms with Crippen LogP contribution in [0.3, 0.4) is 0 Å². The molecule has 0 radical (unpaired) electrons. The summed E-state index contributed by atoms with van der Waals surface area (Å²) < 4.78 is 0. The quantitative estimate of drug-likeness (QED) is 0.629. The van der Waals surface area contributed by atoms with E-state index in [1.54, 1.807) is 5.01 Å². The van der Waals surface area contributed by atoms with Crippen molar-refractivity contribution in [3.05, 3.63) is 0 Å². The minimum Gasteiger partial charge on any atom is -0.273 e. The van der Waals surface area contributed by atoms with E-state index in [0.29, 0.717) is 6.42 Å². The van der Waals surface area contributed by atoms with Gasteiger partial charge in [0, 0.05) is 12.3 Å². The van der Waals surface area contributed by atoms with Gasteiger partial charge in [0.15, 0.2) is 0 Å². The van der Waals surface area contributed by atoms with E-state index in [2.05, 4.69) is 12.0 Å². The molecule has 0 aliphatic carbocycles. The van der Waals surface area contributed by atoms with E-state index in [-0.39, 0.29) is 5.91 Å². The monoisotopic (exact) mass is 168 g/mol. The molecular formula is C9H16N2O. The summed E-state index contributed by atoms with van der Waals surface area (Å²) >= 11 is 0. The molecule has 0 spiro atoms. The number of hydrogen-bond donors (Lipinski definition) is 0. The zero-order valence-electron chi connectivity index (χ0n) is 7.84. The Labute approximate surface area is 73.4 Å². The molecule has 68 valence electrons. The van der Waals surface area contributed by atoms with E-state index in [1.807, 2.05) is 6.92 Å². The van der Waals surface area contributed by atoms with Crippen LogP contribution in [0, 0.1) is 0 Å². The summed E-state index contributed by atoms with van der Waals surface area (Å²) in [5.74, 6) is 0.167. The lowest BCUT2D eigenvalue weighted by atomic mass is 10.2. The van der Waals surface area contributed by atoms with E-state index in [4.69, 9.17) is 0 Å². The SMILES string of the molecule is CCCCN1N=C(CC)CC1=O. The van der Waals surface area contributed by atoms with Crippen molar-refractivity contribution < 1.29 is 4.79 Å². The Morgan fingerprint density at radius 3 is 2.75 bits per heavy atom. The van der Waals surface area contributed by atoms with Crippen LogP contribution in [-0.2, 0) is 4.79 Å². The first-order valence-electron chi connectivity index (χ1n) is 4.64. The number of hydrogen-bond acceptors (Lipinski definition) is 2. The van der Waals surface area contributed by atoms with E-state index in [1.165, 1.54) is 0 Å². The second kappa shape index (κ2) is 4.24. The molecule has 1 aliphatic heterocycles. The molecule has 0 aromatic heterocycles. The Kier molecular flexibility index (Phi) is 3.26. The van der Waals surface area contributed by atoms with Gasteiger partial charge in [0.25, 0.3) is 0 Å². The summed E-state index contributed by atoms with van der Waals surface area (Å²) in [6.45, 7) is 4.94. The predicted molar refractivity (Wildman–Crippen MR) is 49.0 cm³/mol. The number of carbonyl (C=O) groups is 1. The van der Waals surface area contributed by atoms with E-state index in [0.717, 1.165) is 31.5 Å². The zero-order valence-corrected chi connectivity index (χ0v) is 7.84. The second-order valence-corrected chi connectivity index (χ2v) is 3.07. The number of unbranched alkanes of at least 4 members (excludes halogenated alkanes) is 1. The van der Waals surface area contributed by atoms with Crippen LogP contribution in [0.4, 0.5) is 0 Å². The third kappa shape index (κ3) is 2.06. The Balaban J connectivity index is 2.43. The van der Waals surface area contributed by atoms with Crippen LogP contribution < -0.4 is 0 Å². The van der Waals surface area contributed by atoms with E-state index in [9.17, 15) is 4.79 Å². The number of carbonyl (C=O) groups excluding carboxylic acids is 1. The van der Waals surface area contributed by atoms with Crippen molar-refractivity contribution >= 4 is 11.6 Å². The fourth-order valence-electron chi connectivity index (χ4n) is 1.21. The van der Waals surface area contributed by atoms with Crippen molar-refractivity contribution in [1.82, 2.24) is 5.01 Å². The average Bonchev–Trinajstić information content (AvgIpc) is 2.43. The summed E-state index contributed by atoms with van der Waals surface area (Å²) in [4.78, 5) is 11.3. The lowest BCUT2D eigenvalue weighted by Crippen LogP contribution is -2.21. The average molecular weight is 168 g/mol. The van der Waals surface area contributed by atoms with Crippen molar-refractivity contribution in [2.75, 3.05) is 6.54 Å². The molecule has 12 heavy (non-hydrogen) atoms. The van der Waals surface area contributed by atoms with Gasteiger partial charge in [0.2, 0.25) is 5.91 Å². The number of hydrazone groups is 1. The van der Waals surface area contributed by atoms with Gasteiger partial charge in [-0.1, -0.05) is 20.3 Å². The summed E-state index contributed by atoms with van der Waals surface area (Å²) in [6, 6.07) is 0. The molecule has 0 unspecified atom stereocenters. The number of nitrogens with zero attached hydrogens (tertiary/aromatic N) is 2. The van der Waals surface area contributed by atoms with E-state index < -0.39 is 0 Å². The van der Waals surface area contributed by atoms with Gasteiger partial charge in [-0.3, -0.25) is 4.79 Å². The molecular weight excluding hydrogens is 152 g/mol. The maximum Gasteiger partial charge on any atom is 0.248 e. The number of rotatable bonds is 4. The summed E-state index contributed by atoms with van der Waals surface area (Å²) in [5.41, 5.74) is 1.02. The second-order valence-electron chi connectivity index (χ2n) is 3.07. The van der Waals surface area contributed by atoms with Crippen LogP contribution >= 0.6 is 0 Å². The molecule has 0 saturated heterocycles. The van der Waals surface area contributed by atoms with Crippen LogP contribution in [0.2, 0.25) is 0 Å². The maximum atomic E-state index is 11.3. The molecule has 1 aliphatic rings. The highest BCUT2D eigenvalue weighted by Gasteiger charge is 2.21. The summed E-state index contributed by atoms with van der Waals surface area (Å²) in [6.07, 6.45) is 3.60. The fourth-order valence-corrected chi connectivity index (χ4v) is 1.21. The zero-order chi connectivity index (χ0) is 8.97. The molecule has 0 N–H and O–H groups in total. The molecule has 3 heteroatoms. The van der Waals surface area contributed by atoms with E-state index >= 15 is 0 Å². The Morgan fingerprint density at radius 2 is 2.25 bits per heavy atom. The van der Waals surface area contributed by atoms with Crippen LogP contribution in [-0.4, -0.2) is 23.2 Å². The molecule has 1 heterocycles. The van der Waals surface area contributed by atoms with Gasteiger partial charge in [-0.05, 0) is 12.8 Å². The molecule has 0 aromatic carbocycles. The largest absolute Gasteiger partial charge is 0.273 e. The van der Waals surface area contributed by atoms with Gasteiger partial charge >= 0.3 is 0 Å². The van der Waals surface area contributed by atoms with Gasteiger partial charge < -0.3 is 0 Å². The molecule has 3 nitrogen and oxygen atoms in total. The van der Waals surface area contributed by atoms with Gasteiger partial charge in [-0.15, -0.1) is 0 Å². The lowest BCUT2D eigenvalue weighted by Gasteiger charge is -2.09. The highest BCUT2D eigenvalue weighted by Crippen LogP contribution is 2.10. The molecule has 0 atom stereocenters. The Bertz CT molecular complexity index is 199. The van der Waals surface area contributed by atoms with Crippen LogP contribution in [0.5, 0.6) is 0 Å². The third-order valence-electron chi connectivity index (χ3n) is 2.04. The molecule has 0 fully saturated rings. The van der Waals surface area contributed by atoms with Crippen LogP contribution in [0.15, 0.2) is 5.10 Å². The highest BCUT2D eigenvalue weighted by molar-refractivity contribution is 6.04. The van der Waals surface area contributed by atoms with Gasteiger partial charge in [0.05, 0.1) is 6.42 Å². The van der Waals surface area contributed by atoms with Gasteiger partial charge in [-0.2, -0.15) is 5.10 Å². The van der Waals surface area contributed by atoms with Crippen molar-refractivity contribution in [2.45, 2.75) is 39.5 Å². The molecule has 0 saturated carbocycles.